The quantitative estimate of drug-likeness (QED) is 0.509. The van der Waals surface area contributed by atoms with Gasteiger partial charge < -0.3 is 19.5 Å². The number of carboxylic acids is 1. The zero-order valence-electron chi connectivity index (χ0n) is 15.7. The summed E-state index contributed by atoms with van der Waals surface area (Å²) < 4.78 is 10.7. The predicted molar refractivity (Wildman–Crippen MR) is 99.6 cm³/mol. The average molecular weight is 363 g/mol. The van der Waals surface area contributed by atoms with Crippen LogP contribution >= 0.6 is 0 Å². The number of carbonyl (C=O) groups is 2. The molecule has 1 atom stereocenters. The number of rotatable bonds is 10. The molecule has 6 nitrogen and oxygen atoms in total. The van der Waals surface area contributed by atoms with Gasteiger partial charge in [0, 0.05) is 13.7 Å². The molecule has 1 heterocycles. The monoisotopic (exact) mass is 363 g/mol. The van der Waals surface area contributed by atoms with Gasteiger partial charge in [0.15, 0.2) is 0 Å². The van der Waals surface area contributed by atoms with Crippen LogP contribution in [0, 0.1) is 5.41 Å². The largest absolute Gasteiger partial charge is 0.490 e. The third-order valence-electron chi connectivity index (χ3n) is 4.98. The molecule has 1 aliphatic rings. The van der Waals surface area contributed by atoms with Crippen LogP contribution in [0.1, 0.15) is 45.4 Å². The summed E-state index contributed by atoms with van der Waals surface area (Å²) in [5, 5.41) is 10.0. The van der Waals surface area contributed by atoms with E-state index in [0.717, 1.165) is 19.3 Å². The maximum Gasteiger partial charge on any atom is 0.319 e. The summed E-state index contributed by atoms with van der Waals surface area (Å²) in [5.41, 5.74) is -0.825. The zero-order chi connectivity index (χ0) is 19.0. The Hall–Kier alpha value is -2.08. The van der Waals surface area contributed by atoms with E-state index in [0.29, 0.717) is 37.4 Å². The third kappa shape index (κ3) is 4.36. The van der Waals surface area contributed by atoms with Crippen LogP contribution in [0.15, 0.2) is 24.3 Å². The van der Waals surface area contributed by atoms with E-state index in [1.807, 2.05) is 12.1 Å². The maximum atomic E-state index is 13.4. The molecule has 0 aliphatic carbocycles. The highest BCUT2D eigenvalue weighted by molar-refractivity contribution is 6.10. The minimum Gasteiger partial charge on any atom is -0.490 e. The first-order chi connectivity index (χ1) is 12.6. The van der Waals surface area contributed by atoms with Crippen molar-refractivity contribution >= 4 is 17.6 Å². The number of amides is 1. The highest BCUT2D eigenvalue weighted by Crippen LogP contribution is 2.38. The van der Waals surface area contributed by atoms with Crippen LogP contribution in [-0.4, -0.2) is 43.9 Å². The molecule has 2 rings (SSSR count). The molecule has 0 saturated carbocycles. The molecule has 1 aliphatic heterocycles. The molecule has 1 amide bonds. The number of hydrogen-bond acceptors (Lipinski definition) is 4. The van der Waals surface area contributed by atoms with Gasteiger partial charge in [-0.2, -0.15) is 0 Å². The van der Waals surface area contributed by atoms with Crippen molar-refractivity contribution in [2.24, 2.45) is 5.41 Å². The standard InChI is InChI=1S/C20H29NO5/c1-3-4-5-8-11-20(19(23)24,12-14-25-2)18(22)21-13-15-26-17-10-7-6-9-16(17)21/h6-7,9-10H,3-5,8,11-15H2,1-2H3,(H,23,24)/t20-/m0/s1. The molecule has 0 bridgehead atoms. The fourth-order valence-corrected chi connectivity index (χ4v) is 3.41. The van der Waals surface area contributed by atoms with Gasteiger partial charge in [0.2, 0.25) is 5.91 Å². The summed E-state index contributed by atoms with van der Waals surface area (Å²) >= 11 is 0. The van der Waals surface area contributed by atoms with Crippen LogP contribution in [0.25, 0.3) is 0 Å². The summed E-state index contributed by atoms with van der Waals surface area (Å²) in [5.74, 6) is -0.821. The summed E-state index contributed by atoms with van der Waals surface area (Å²) in [7, 11) is 1.53. The van der Waals surface area contributed by atoms with E-state index in [2.05, 4.69) is 6.92 Å². The first kappa shape index (κ1) is 20.2. The number of unbranched alkanes of at least 4 members (excludes halogenated alkanes) is 3. The molecule has 0 saturated heterocycles. The molecule has 0 fully saturated rings. The number of carboxylic acid groups (broad SMARTS) is 1. The molecular weight excluding hydrogens is 334 g/mol. The lowest BCUT2D eigenvalue weighted by Crippen LogP contribution is -2.51. The first-order valence-electron chi connectivity index (χ1n) is 9.33. The summed E-state index contributed by atoms with van der Waals surface area (Å²) in [6.45, 7) is 3.05. The molecule has 1 aromatic carbocycles. The van der Waals surface area contributed by atoms with Gasteiger partial charge in [0.25, 0.3) is 0 Å². The molecule has 0 aromatic heterocycles. The Morgan fingerprint density at radius 3 is 2.69 bits per heavy atom. The fraction of sp³-hybridized carbons (Fsp3) is 0.600. The minimum atomic E-state index is -1.46. The van der Waals surface area contributed by atoms with E-state index in [9.17, 15) is 14.7 Å². The number of ether oxygens (including phenoxy) is 2. The Morgan fingerprint density at radius 2 is 2.00 bits per heavy atom. The predicted octanol–water partition coefficient (Wildman–Crippen LogP) is 3.49. The molecule has 0 radical (unpaired) electrons. The smallest absolute Gasteiger partial charge is 0.319 e. The van der Waals surface area contributed by atoms with Gasteiger partial charge in [-0.25, -0.2) is 0 Å². The summed E-state index contributed by atoms with van der Waals surface area (Å²) in [6, 6.07) is 7.26. The van der Waals surface area contributed by atoms with Crippen molar-refractivity contribution in [2.45, 2.75) is 45.4 Å². The van der Waals surface area contributed by atoms with Gasteiger partial charge in [-0.1, -0.05) is 44.7 Å². The van der Waals surface area contributed by atoms with Gasteiger partial charge in [0.05, 0.1) is 12.2 Å². The molecular formula is C20H29NO5. The molecule has 144 valence electrons. The van der Waals surface area contributed by atoms with E-state index >= 15 is 0 Å². The average Bonchev–Trinajstić information content (AvgIpc) is 2.66. The molecule has 0 unspecified atom stereocenters. The topological polar surface area (TPSA) is 76.1 Å². The van der Waals surface area contributed by atoms with E-state index < -0.39 is 11.4 Å². The van der Waals surface area contributed by atoms with Crippen molar-refractivity contribution in [3.05, 3.63) is 24.3 Å². The lowest BCUT2D eigenvalue weighted by atomic mass is 9.78. The van der Waals surface area contributed by atoms with Crippen molar-refractivity contribution < 1.29 is 24.2 Å². The van der Waals surface area contributed by atoms with Crippen molar-refractivity contribution in [3.63, 3.8) is 0 Å². The van der Waals surface area contributed by atoms with Gasteiger partial charge >= 0.3 is 5.97 Å². The van der Waals surface area contributed by atoms with Gasteiger partial charge in [-0.3, -0.25) is 9.59 Å². The van der Waals surface area contributed by atoms with Crippen molar-refractivity contribution in [3.8, 4) is 5.75 Å². The van der Waals surface area contributed by atoms with Crippen molar-refractivity contribution in [2.75, 3.05) is 31.8 Å². The van der Waals surface area contributed by atoms with E-state index in [-0.39, 0.29) is 18.9 Å². The van der Waals surface area contributed by atoms with E-state index in [1.165, 1.54) is 7.11 Å². The number of nitrogens with zero attached hydrogens (tertiary/aromatic N) is 1. The normalized spacial score (nSPS) is 15.7. The van der Waals surface area contributed by atoms with Crippen LogP contribution in [0.4, 0.5) is 5.69 Å². The highest BCUT2D eigenvalue weighted by atomic mass is 16.5. The number of methoxy groups -OCH3 is 1. The Bertz CT molecular complexity index is 618. The molecule has 6 heteroatoms. The number of para-hydroxylation sites is 2. The summed E-state index contributed by atoms with van der Waals surface area (Å²) in [6.07, 6.45) is 4.22. The highest BCUT2D eigenvalue weighted by Gasteiger charge is 2.48. The Morgan fingerprint density at radius 1 is 1.23 bits per heavy atom. The van der Waals surface area contributed by atoms with Gasteiger partial charge in [-0.15, -0.1) is 0 Å². The van der Waals surface area contributed by atoms with Crippen molar-refractivity contribution in [1.29, 1.82) is 0 Å². The van der Waals surface area contributed by atoms with Crippen LogP contribution in [0.3, 0.4) is 0 Å². The second-order valence-corrected chi connectivity index (χ2v) is 6.71. The number of anilines is 1. The number of fused-ring (bicyclic) bond motifs is 1. The number of aliphatic carboxylic acids is 1. The van der Waals surface area contributed by atoms with Crippen LogP contribution < -0.4 is 9.64 Å². The molecule has 1 aromatic rings. The fourth-order valence-electron chi connectivity index (χ4n) is 3.41. The van der Waals surface area contributed by atoms with Crippen molar-refractivity contribution in [1.82, 2.24) is 0 Å². The second-order valence-electron chi connectivity index (χ2n) is 6.71. The van der Waals surface area contributed by atoms with Crippen LogP contribution in [0.5, 0.6) is 5.75 Å². The Kier molecular flexibility index (Phi) is 7.45. The maximum absolute atomic E-state index is 13.4. The minimum absolute atomic E-state index is 0.170. The molecule has 1 N–H and O–H groups in total. The van der Waals surface area contributed by atoms with E-state index in [1.54, 1.807) is 17.0 Å². The van der Waals surface area contributed by atoms with Crippen LogP contribution in [-0.2, 0) is 14.3 Å². The Balaban J connectivity index is 2.31. The number of carbonyl (C=O) groups excluding carboxylic acids is 1. The van der Waals surface area contributed by atoms with Crippen LogP contribution in [0.2, 0.25) is 0 Å². The number of hydrogen-bond donors (Lipinski definition) is 1. The molecule has 26 heavy (non-hydrogen) atoms. The third-order valence-corrected chi connectivity index (χ3v) is 4.98. The summed E-state index contributed by atoms with van der Waals surface area (Å²) in [4.78, 5) is 27.3. The lowest BCUT2D eigenvalue weighted by Gasteiger charge is -2.37. The van der Waals surface area contributed by atoms with Gasteiger partial charge in [-0.05, 0) is 25.0 Å². The first-order valence-corrected chi connectivity index (χ1v) is 9.33. The SMILES string of the molecule is CCCCCC[C@@](CCOC)(C(=O)O)C(=O)N1CCOc2ccccc21. The second kappa shape index (κ2) is 9.57. The zero-order valence-corrected chi connectivity index (χ0v) is 15.7. The number of benzene rings is 1. The molecule has 0 spiro atoms. The van der Waals surface area contributed by atoms with E-state index in [4.69, 9.17) is 9.47 Å². The van der Waals surface area contributed by atoms with Gasteiger partial charge in [0.1, 0.15) is 17.8 Å². The lowest BCUT2D eigenvalue weighted by molar-refractivity contribution is -0.157. The Labute approximate surface area is 155 Å².